The SMILES string of the molecule is NC1=N[C@H](C(F)(F)F)CN1. The second kappa shape index (κ2) is 2.03. The van der Waals surface area contributed by atoms with E-state index in [1.165, 1.54) is 0 Å². The number of guanidine groups is 1. The molecule has 0 amide bonds. The Kier molecular flexibility index (Phi) is 1.46. The van der Waals surface area contributed by atoms with Gasteiger partial charge in [0.05, 0.1) is 0 Å². The summed E-state index contributed by atoms with van der Waals surface area (Å²) in [6, 6.07) is -1.66. The molecule has 0 spiro atoms. The van der Waals surface area contributed by atoms with Crippen LogP contribution in [-0.4, -0.2) is 24.7 Å². The van der Waals surface area contributed by atoms with Crippen molar-refractivity contribution in [2.45, 2.75) is 12.2 Å². The van der Waals surface area contributed by atoms with Crippen LogP contribution in [0.1, 0.15) is 0 Å². The molecule has 0 aliphatic carbocycles. The Bertz CT molecular complexity index is 162. The van der Waals surface area contributed by atoms with Crippen LogP contribution in [0.25, 0.3) is 0 Å². The van der Waals surface area contributed by atoms with Gasteiger partial charge in [-0.1, -0.05) is 0 Å². The normalized spacial score (nSPS) is 25.9. The molecule has 1 heterocycles. The Hall–Kier alpha value is -0.940. The van der Waals surface area contributed by atoms with Gasteiger partial charge in [0.1, 0.15) is 0 Å². The number of aliphatic imine (C=N–C) groups is 1. The predicted octanol–water partition coefficient (Wildman–Crippen LogP) is -0.165. The maximum absolute atomic E-state index is 11.7. The van der Waals surface area contributed by atoms with Crippen molar-refractivity contribution in [2.24, 2.45) is 10.7 Å². The highest BCUT2D eigenvalue weighted by Crippen LogP contribution is 2.23. The highest BCUT2D eigenvalue weighted by Gasteiger charge is 2.41. The van der Waals surface area contributed by atoms with Gasteiger partial charge in [-0.25, -0.2) is 4.99 Å². The van der Waals surface area contributed by atoms with Crippen molar-refractivity contribution in [1.82, 2.24) is 5.32 Å². The number of nitrogens with zero attached hydrogens (tertiary/aromatic N) is 1. The molecule has 0 aromatic carbocycles. The largest absolute Gasteiger partial charge is 0.412 e. The van der Waals surface area contributed by atoms with Crippen molar-refractivity contribution in [2.75, 3.05) is 6.54 Å². The van der Waals surface area contributed by atoms with Crippen LogP contribution in [0.4, 0.5) is 13.2 Å². The van der Waals surface area contributed by atoms with Crippen LogP contribution in [0.3, 0.4) is 0 Å². The Morgan fingerprint density at radius 1 is 1.60 bits per heavy atom. The van der Waals surface area contributed by atoms with Crippen molar-refractivity contribution >= 4 is 5.96 Å². The number of halogens is 3. The van der Waals surface area contributed by atoms with Crippen LogP contribution in [0.5, 0.6) is 0 Å². The lowest BCUT2D eigenvalue weighted by Gasteiger charge is -2.09. The van der Waals surface area contributed by atoms with Crippen LogP contribution in [0.2, 0.25) is 0 Å². The van der Waals surface area contributed by atoms with Gasteiger partial charge in [-0.05, 0) is 0 Å². The van der Waals surface area contributed by atoms with Gasteiger partial charge in [0.2, 0.25) is 0 Å². The van der Waals surface area contributed by atoms with Gasteiger partial charge in [-0.2, -0.15) is 13.2 Å². The molecule has 3 nitrogen and oxygen atoms in total. The van der Waals surface area contributed by atoms with Crippen molar-refractivity contribution in [1.29, 1.82) is 0 Å². The summed E-state index contributed by atoms with van der Waals surface area (Å²) in [5.41, 5.74) is 4.96. The van der Waals surface area contributed by atoms with Crippen LogP contribution in [-0.2, 0) is 0 Å². The van der Waals surface area contributed by atoms with Gasteiger partial charge < -0.3 is 11.1 Å². The highest BCUT2D eigenvalue weighted by molar-refractivity contribution is 5.79. The van der Waals surface area contributed by atoms with Crippen molar-refractivity contribution in [3.63, 3.8) is 0 Å². The first-order chi connectivity index (χ1) is 4.50. The van der Waals surface area contributed by atoms with E-state index in [1.54, 1.807) is 0 Å². The molecular weight excluding hydrogens is 147 g/mol. The summed E-state index contributed by atoms with van der Waals surface area (Å²) in [6.07, 6.45) is -4.27. The fourth-order valence-corrected chi connectivity index (χ4v) is 0.649. The lowest BCUT2D eigenvalue weighted by molar-refractivity contribution is -0.143. The van der Waals surface area contributed by atoms with E-state index in [1.807, 2.05) is 0 Å². The van der Waals surface area contributed by atoms with Crippen LogP contribution in [0, 0.1) is 0 Å². The second-order valence-electron chi connectivity index (χ2n) is 1.95. The molecule has 0 bridgehead atoms. The summed E-state index contributed by atoms with van der Waals surface area (Å²) in [5, 5.41) is 2.28. The predicted molar refractivity (Wildman–Crippen MR) is 29.5 cm³/mol. The number of rotatable bonds is 0. The van der Waals surface area contributed by atoms with Crippen molar-refractivity contribution in [3.05, 3.63) is 0 Å². The maximum Gasteiger partial charge on any atom is 0.412 e. The van der Waals surface area contributed by atoms with Crippen molar-refractivity contribution in [3.8, 4) is 0 Å². The summed E-state index contributed by atoms with van der Waals surface area (Å²) in [4.78, 5) is 3.12. The molecule has 3 N–H and O–H groups in total. The van der Waals surface area contributed by atoms with Crippen LogP contribution < -0.4 is 11.1 Å². The molecule has 0 saturated heterocycles. The zero-order chi connectivity index (χ0) is 7.78. The summed E-state index contributed by atoms with van der Waals surface area (Å²) in [7, 11) is 0. The van der Waals surface area contributed by atoms with Gasteiger partial charge in [0, 0.05) is 6.54 Å². The second-order valence-corrected chi connectivity index (χ2v) is 1.95. The molecule has 1 aliphatic rings. The highest BCUT2D eigenvalue weighted by atomic mass is 19.4. The zero-order valence-electron chi connectivity index (χ0n) is 4.94. The monoisotopic (exact) mass is 153 g/mol. The molecule has 0 aromatic heterocycles. The van der Waals surface area contributed by atoms with E-state index in [4.69, 9.17) is 5.73 Å². The van der Waals surface area contributed by atoms with Crippen LogP contribution in [0.15, 0.2) is 4.99 Å². The van der Waals surface area contributed by atoms with E-state index in [0.29, 0.717) is 0 Å². The zero-order valence-corrected chi connectivity index (χ0v) is 4.94. The molecule has 0 unspecified atom stereocenters. The summed E-state index contributed by atoms with van der Waals surface area (Å²) in [5.74, 6) is -0.137. The quantitative estimate of drug-likeness (QED) is 0.507. The molecule has 6 heteroatoms. The third-order valence-corrected chi connectivity index (χ3v) is 1.15. The molecule has 0 aromatic rings. The topological polar surface area (TPSA) is 50.4 Å². The number of alkyl halides is 3. The average molecular weight is 153 g/mol. The van der Waals surface area contributed by atoms with Gasteiger partial charge in [0.15, 0.2) is 12.0 Å². The smallest absolute Gasteiger partial charge is 0.370 e. The standard InChI is InChI=1S/C4H6F3N3/c5-4(6,7)2-1-9-3(8)10-2/h2H,1H2,(H3,8,9,10)/t2-/m0/s1. The van der Waals surface area contributed by atoms with E-state index in [-0.39, 0.29) is 12.5 Å². The van der Waals surface area contributed by atoms with E-state index in [0.717, 1.165) is 0 Å². The third-order valence-electron chi connectivity index (χ3n) is 1.15. The fourth-order valence-electron chi connectivity index (χ4n) is 0.649. The maximum atomic E-state index is 11.7. The molecule has 10 heavy (non-hydrogen) atoms. The fraction of sp³-hybridized carbons (Fsp3) is 0.750. The Labute approximate surface area is 55.1 Å². The molecule has 0 radical (unpaired) electrons. The minimum absolute atomic E-state index is 0.137. The molecule has 1 aliphatic heterocycles. The minimum atomic E-state index is -4.27. The molecule has 0 fully saturated rings. The lowest BCUT2D eigenvalue weighted by Crippen LogP contribution is -2.32. The number of nitrogens with one attached hydrogen (secondary N) is 1. The molecule has 1 rings (SSSR count). The van der Waals surface area contributed by atoms with Gasteiger partial charge in [0.25, 0.3) is 0 Å². The number of nitrogens with two attached hydrogens (primary N) is 1. The Morgan fingerprint density at radius 2 is 2.20 bits per heavy atom. The number of hydrogen-bond acceptors (Lipinski definition) is 3. The summed E-state index contributed by atoms with van der Waals surface area (Å²) >= 11 is 0. The summed E-state index contributed by atoms with van der Waals surface area (Å²) in [6.45, 7) is -0.241. The lowest BCUT2D eigenvalue weighted by atomic mass is 10.3. The van der Waals surface area contributed by atoms with E-state index in [9.17, 15) is 13.2 Å². The van der Waals surface area contributed by atoms with Gasteiger partial charge in [-0.3, -0.25) is 0 Å². The third kappa shape index (κ3) is 1.31. The molecular formula is C4H6F3N3. The first-order valence-electron chi connectivity index (χ1n) is 2.64. The van der Waals surface area contributed by atoms with E-state index in [2.05, 4.69) is 10.3 Å². The van der Waals surface area contributed by atoms with Gasteiger partial charge in [-0.15, -0.1) is 0 Å². The van der Waals surface area contributed by atoms with E-state index < -0.39 is 12.2 Å². The molecule has 58 valence electrons. The molecule has 0 saturated carbocycles. The Morgan fingerprint density at radius 3 is 2.40 bits per heavy atom. The average Bonchev–Trinajstić information content (AvgIpc) is 2.11. The van der Waals surface area contributed by atoms with Crippen molar-refractivity contribution < 1.29 is 13.2 Å². The van der Waals surface area contributed by atoms with Gasteiger partial charge >= 0.3 is 6.18 Å². The Balaban J connectivity index is 2.61. The minimum Gasteiger partial charge on any atom is -0.370 e. The number of hydrogen-bond donors (Lipinski definition) is 2. The first-order valence-corrected chi connectivity index (χ1v) is 2.64. The summed E-state index contributed by atoms with van der Waals surface area (Å²) < 4.78 is 35.2. The first kappa shape index (κ1) is 7.17. The molecule has 1 atom stereocenters. The van der Waals surface area contributed by atoms with Crippen LogP contribution >= 0.6 is 0 Å². The van der Waals surface area contributed by atoms with E-state index >= 15 is 0 Å².